The van der Waals surface area contributed by atoms with Crippen molar-refractivity contribution in [3.8, 4) is 0 Å². The van der Waals surface area contributed by atoms with Crippen molar-refractivity contribution in [1.82, 2.24) is 10.6 Å². The van der Waals surface area contributed by atoms with Crippen LogP contribution in [0.2, 0.25) is 0 Å². The molecule has 4 nitrogen and oxygen atoms in total. The maximum Gasteiger partial charge on any atom is 0.394 e. The van der Waals surface area contributed by atoms with E-state index in [1.807, 2.05) is 0 Å². The minimum atomic E-state index is -4.23. The van der Waals surface area contributed by atoms with E-state index in [-0.39, 0.29) is 37.1 Å². The normalized spacial score (nSPS) is 28.1. The lowest BCUT2D eigenvalue weighted by Crippen LogP contribution is -2.79. The number of alkyl halides is 3. The van der Waals surface area contributed by atoms with Crippen LogP contribution in [-0.2, 0) is 6.54 Å². The Morgan fingerprint density at radius 3 is 2.52 bits per heavy atom. The SMILES string of the molecule is [C-]#[N+]c1cccc(CNC(=O)NC23CC(C(F)(F)F)(C2)C3)c1F. The maximum atomic E-state index is 13.8. The van der Waals surface area contributed by atoms with Crippen molar-refractivity contribution >= 4 is 11.7 Å². The van der Waals surface area contributed by atoms with E-state index in [2.05, 4.69) is 15.5 Å². The van der Waals surface area contributed by atoms with E-state index >= 15 is 0 Å². The van der Waals surface area contributed by atoms with E-state index in [4.69, 9.17) is 6.57 Å². The third-order valence-electron chi connectivity index (χ3n) is 4.63. The number of urea groups is 1. The number of amides is 2. The van der Waals surface area contributed by atoms with E-state index in [9.17, 15) is 22.4 Å². The van der Waals surface area contributed by atoms with Crippen LogP contribution >= 0.6 is 0 Å². The van der Waals surface area contributed by atoms with Crippen molar-refractivity contribution < 1.29 is 22.4 Å². The molecule has 4 rings (SSSR count). The number of carbonyl (C=O) groups is 1. The predicted molar refractivity (Wildman–Crippen MR) is 73.1 cm³/mol. The van der Waals surface area contributed by atoms with Crippen LogP contribution in [0.25, 0.3) is 4.85 Å². The van der Waals surface area contributed by atoms with Crippen molar-refractivity contribution in [2.75, 3.05) is 0 Å². The molecule has 0 spiro atoms. The fourth-order valence-electron chi connectivity index (χ4n) is 3.47. The number of rotatable bonds is 3. The topological polar surface area (TPSA) is 45.5 Å². The van der Waals surface area contributed by atoms with Crippen LogP contribution in [0.3, 0.4) is 0 Å². The Balaban J connectivity index is 1.52. The summed E-state index contributed by atoms with van der Waals surface area (Å²) in [5.74, 6) is -0.704. The number of hydrogen-bond acceptors (Lipinski definition) is 1. The molecule has 0 radical (unpaired) electrons. The van der Waals surface area contributed by atoms with Gasteiger partial charge in [-0.1, -0.05) is 18.2 Å². The Labute approximate surface area is 129 Å². The zero-order valence-electron chi connectivity index (χ0n) is 11.9. The molecule has 0 aromatic heterocycles. The highest BCUT2D eigenvalue weighted by atomic mass is 19.4. The highest BCUT2D eigenvalue weighted by Gasteiger charge is 2.79. The Morgan fingerprint density at radius 1 is 1.30 bits per heavy atom. The lowest BCUT2D eigenvalue weighted by atomic mass is 9.39. The number of halogens is 4. The largest absolute Gasteiger partial charge is 0.394 e. The van der Waals surface area contributed by atoms with Crippen LogP contribution in [0.5, 0.6) is 0 Å². The third kappa shape index (κ3) is 2.40. The molecule has 1 aromatic rings. The van der Waals surface area contributed by atoms with Gasteiger partial charge < -0.3 is 10.6 Å². The highest BCUT2D eigenvalue weighted by molar-refractivity contribution is 5.75. The minimum Gasteiger partial charge on any atom is -0.334 e. The average Bonchev–Trinajstić information content (AvgIpc) is 2.38. The summed E-state index contributed by atoms with van der Waals surface area (Å²) >= 11 is 0. The Bertz CT molecular complexity index is 688. The second-order valence-corrected chi connectivity index (χ2v) is 6.26. The molecule has 0 atom stereocenters. The average molecular weight is 327 g/mol. The van der Waals surface area contributed by atoms with Gasteiger partial charge in [0.15, 0.2) is 0 Å². The van der Waals surface area contributed by atoms with Gasteiger partial charge in [0, 0.05) is 12.1 Å². The molecule has 0 aliphatic heterocycles. The van der Waals surface area contributed by atoms with Gasteiger partial charge in [0.25, 0.3) is 0 Å². The molecule has 3 saturated carbocycles. The molecule has 2 bridgehead atoms. The van der Waals surface area contributed by atoms with Crippen molar-refractivity contribution in [3.63, 3.8) is 0 Å². The first-order valence-electron chi connectivity index (χ1n) is 6.98. The molecule has 0 heterocycles. The minimum absolute atomic E-state index is 0.0987. The second kappa shape index (κ2) is 4.85. The molecule has 3 fully saturated rings. The summed E-state index contributed by atoms with van der Waals surface area (Å²) < 4.78 is 52.0. The van der Waals surface area contributed by atoms with E-state index in [1.165, 1.54) is 18.2 Å². The molecule has 3 aliphatic rings. The zero-order chi connectivity index (χ0) is 16.9. The van der Waals surface area contributed by atoms with Crippen LogP contribution in [0.4, 0.5) is 28.0 Å². The number of hydrogen-bond donors (Lipinski definition) is 2. The summed E-state index contributed by atoms with van der Waals surface area (Å²) in [7, 11) is 0. The lowest BCUT2D eigenvalue weighted by molar-refractivity contribution is -0.336. The second-order valence-electron chi connectivity index (χ2n) is 6.26. The van der Waals surface area contributed by atoms with Gasteiger partial charge in [-0.2, -0.15) is 13.2 Å². The third-order valence-corrected chi connectivity index (χ3v) is 4.63. The van der Waals surface area contributed by atoms with Gasteiger partial charge in [0.2, 0.25) is 5.69 Å². The molecule has 2 N–H and O–H groups in total. The number of nitrogens with one attached hydrogen (secondary N) is 2. The van der Waals surface area contributed by atoms with Gasteiger partial charge in [0.05, 0.1) is 12.0 Å². The van der Waals surface area contributed by atoms with Crippen molar-refractivity contribution in [2.45, 2.75) is 37.5 Å². The van der Waals surface area contributed by atoms with E-state index in [0.29, 0.717) is 0 Å². The first-order valence-corrected chi connectivity index (χ1v) is 6.98. The first-order chi connectivity index (χ1) is 10.7. The van der Waals surface area contributed by atoms with E-state index < -0.39 is 29.0 Å². The number of carbonyl (C=O) groups excluding carboxylic acids is 1. The summed E-state index contributed by atoms with van der Waals surface area (Å²) in [6.07, 6.45) is -4.52. The number of nitrogens with zero attached hydrogens (tertiary/aromatic N) is 1. The molecule has 3 aliphatic carbocycles. The lowest BCUT2D eigenvalue weighted by Gasteiger charge is -2.70. The molecule has 2 amide bonds. The van der Waals surface area contributed by atoms with Crippen LogP contribution in [-0.4, -0.2) is 17.7 Å². The fourth-order valence-corrected chi connectivity index (χ4v) is 3.47. The summed E-state index contributed by atoms with van der Waals surface area (Å²) in [4.78, 5) is 14.8. The Kier molecular flexibility index (Phi) is 3.29. The first kappa shape index (κ1) is 15.6. The van der Waals surface area contributed by atoms with Crippen LogP contribution < -0.4 is 10.6 Å². The molecular weight excluding hydrogens is 314 g/mol. The molecule has 8 heteroatoms. The summed E-state index contributed by atoms with van der Waals surface area (Å²) in [5.41, 5.74) is -2.40. The molecular formula is C15H13F4N3O. The van der Waals surface area contributed by atoms with Crippen LogP contribution in [0.15, 0.2) is 18.2 Å². The van der Waals surface area contributed by atoms with Gasteiger partial charge in [-0.15, -0.1) is 0 Å². The van der Waals surface area contributed by atoms with Gasteiger partial charge in [-0.3, -0.25) is 0 Å². The molecule has 23 heavy (non-hydrogen) atoms. The van der Waals surface area contributed by atoms with Gasteiger partial charge in [-0.05, 0) is 24.8 Å². The molecule has 1 aromatic carbocycles. The quantitative estimate of drug-likeness (QED) is 0.646. The standard InChI is InChI=1S/C15H13F4N3O/c1-20-10-4-2-3-9(11(10)16)5-21-12(23)22-14-6-13(7-14,8-14)15(17,18)19/h2-4H,5-8H2,(H2,21,22,23). The van der Waals surface area contributed by atoms with Crippen molar-refractivity contribution in [3.05, 3.63) is 41.0 Å². The van der Waals surface area contributed by atoms with Crippen LogP contribution in [0, 0.1) is 17.8 Å². The van der Waals surface area contributed by atoms with Crippen LogP contribution in [0.1, 0.15) is 24.8 Å². The Morgan fingerprint density at radius 2 is 1.96 bits per heavy atom. The van der Waals surface area contributed by atoms with Crippen molar-refractivity contribution in [2.24, 2.45) is 5.41 Å². The van der Waals surface area contributed by atoms with Gasteiger partial charge in [-0.25, -0.2) is 14.0 Å². The molecule has 0 unspecified atom stereocenters. The fraction of sp³-hybridized carbons (Fsp3) is 0.467. The van der Waals surface area contributed by atoms with E-state index in [0.717, 1.165) is 0 Å². The smallest absolute Gasteiger partial charge is 0.334 e. The predicted octanol–water partition coefficient (Wildman–Crippen LogP) is 3.66. The number of benzene rings is 1. The van der Waals surface area contributed by atoms with Gasteiger partial charge >= 0.3 is 12.2 Å². The summed E-state index contributed by atoms with van der Waals surface area (Å²) in [6, 6.07) is 3.63. The monoisotopic (exact) mass is 327 g/mol. The zero-order valence-corrected chi connectivity index (χ0v) is 11.9. The van der Waals surface area contributed by atoms with Gasteiger partial charge in [0.1, 0.15) is 5.82 Å². The maximum absolute atomic E-state index is 13.8. The molecule has 122 valence electrons. The summed E-state index contributed by atoms with van der Waals surface area (Å²) in [6.45, 7) is 6.68. The highest BCUT2D eigenvalue weighted by Crippen LogP contribution is 2.73. The summed E-state index contributed by atoms with van der Waals surface area (Å²) in [5, 5.41) is 4.96. The molecule has 0 saturated heterocycles. The Hall–Kier alpha value is -2.30. The van der Waals surface area contributed by atoms with E-state index in [1.54, 1.807) is 0 Å². The van der Waals surface area contributed by atoms with Crippen molar-refractivity contribution in [1.29, 1.82) is 0 Å².